The Kier molecular flexibility index (Phi) is 5.88. The highest BCUT2D eigenvalue weighted by atomic mass is 32.2. The number of rotatable bonds is 7. The van der Waals surface area contributed by atoms with E-state index in [1.54, 1.807) is 47.0 Å². The summed E-state index contributed by atoms with van der Waals surface area (Å²) in [7, 11) is -1.52. The molecule has 0 aliphatic carbocycles. The largest absolute Gasteiger partial charge is 0.486 e. The molecular formula is C20H20N4O5S2. The number of hydrogen-bond acceptors (Lipinski definition) is 8. The SMILES string of the molecule is Cn1c(SCC(=O)c2ccc3c(c2)OCCO3)nnc1-c1ccc(NS(C)(=O)=O)cc1. The molecule has 0 saturated heterocycles. The quantitative estimate of drug-likeness (QED) is 0.423. The topological polar surface area (TPSA) is 112 Å². The van der Waals surface area contributed by atoms with E-state index in [0.717, 1.165) is 11.8 Å². The number of thioether (sulfide) groups is 1. The summed E-state index contributed by atoms with van der Waals surface area (Å²) in [5.74, 6) is 1.98. The number of carbonyl (C=O) groups is 1. The van der Waals surface area contributed by atoms with Crippen molar-refractivity contribution in [2.45, 2.75) is 5.16 Å². The van der Waals surface area contributed by atoms with E-state index < -0.39 is 10.0 Å². The molecule has 0 radical (unpaired) electrons. The van der Waals surface area contributed by atoms with Gasteiger partial charge in [-0.2, -0.15) is 0 Å². The van der Waals surface area contributed by atoms with Crippen LogP contribution in [-0.4, -0.2) is 54.2 Å². The number of ketones is 1. The Morgan fingerprint density at radius 3 is 2.52 bits per heavy atom. The highest BCUT2D eigenvalue weighted by Crippen LogP contribution is 2.31. The summed E-state index contributed by atoms with van der Waals surface area (Å²) < 4.78 is 37.9. The first-order chi connectivity index (χ1) is 14.8. The fourth-order valence-corrected chi connectivity index (χ4v) is 4.39. The molecule has 1 aromatic heterocycles. The molecule has 2 heterocycles. The van der Waals surface area contributed by atoms with Crippen molar-refractivity contribution in [3.05, 3.63) is 48.0 Å². The lowest BCUT2D eigenvalue weighted by Gasteiger charge is -2.18. The van der Waals surface area contributed by atoms with Crippen LogP contribution in [0.2, 0.25) is 0 Å². The van der Waals surface area contributed by atoms with Gasteiger partial charge in [0.1, 0.15) is 13.2 Å². The van der Waals surface area contributed by atoms with Gasteiger partial charge >= 0.3 is 0 Å². The van der Waals surface area contributed by atoms with E-state index in [4.69, 9.17) is 9.47 Å². The molecule has 0 spiro atoms. The van der Waals surface area contributed by atoms with E-state index >= 15 is 0 Å². The van der Waals surface area contributed by atoms with Crippen LogP contribution in [0.5, 0.6) is 11.5 Å². The zero-order valence-corrected chi connectivity index (χ0v) is 18.5. The van der Waals surface area contributed by atoms with Crippen LogP contribution in [0.1, 0.15) is 10.4 Å². The summed E-state index contributed by atoms with van der Waals surface area (Å²) >= 11 is 1.29. The van der Waals surface area contributed by atoms with E-state index in [0.29, 0.717) is 46.9 Å². The molecule has 31 heavy (non-hydrogen) atoms. The number of hydrogen-bond donors (Lipinski definition) is 1. The van der Waals surface area contributed by atoms with Crippen molar-refractivity contribution < 1.29 is 22.7 Å². The molecular weight excluding hydrogens is 440 g/mol. The fourth-order valence-electron chi connectivity index (χ4n) is 3.02. The molecule has 0 amide bonds. The Balaban J connectivity index is 1.43. The summed E-state index contributed by atoms with van der Waals surface area (Å²) in [4.78, 5) is 12.6. The first kappa shape index (κ1) is 21.2. The zero-order chi connectivity index (χ0) is 22.0. The van der Waals surface area contributed by atoms with E-state index in [-0.39, 0.29) is 11.5 Å². The normalized spacial score (nSPS) is 13.1. The minimum atomic E-state index is -3.34. The molecule has 3 aromatic rings. The Morgan fingerprint density at radius 2 is 1.81 bits per heavy atom. The Labute approximate surface area is 183 Å². The molecule has 1 aliphatic heterocycles. The van der Waals surface area contributed by atoms with Crippen LogP contribution in [0.25, 0.3) is 11.4 Å². The van der Waals surface area contributed by atoms with Crippen LogP contribution in [-0.2, 0) is 17.1 Å². The van der Waals surface area contributed by atoms with Crippen molar-refractivity contribution in [3.8, 4) is 22.9 Å². The van der Waals surface area contributed by atoms with Gasteiger partial charge in [0.05, 0.1) is 12.0 Å². The first-order valence-corrected chi connectivity index (χ1v) is 12.2. The second kappa shape index (κ2) is 8.60. The van der Waals surface area contributed by atoms with Crippen LogP contribution < -0.4 is 14.2 Å². The number of sulfonamides is 1. The smallest absolute Gasteiger partial charge is 0.229 e. The molecule has 1 N–H and O–H groups in total. The highest BCUT2D eigenvalue weighted by molar-refractivity contribution is 7.99. The summed E-state index contributed by atoms with van der Waals surface area (Å²) in [6, 6.07) is 12.0. The van der Waals surface area contributed by atoms with Crippen LogP contribution >= 0.6 is 11.8 Å². The predicted octanol–water partition coefficient (Wildman–Crippen LogP) is 2.60. The van der Waals surface area contributed by atoms with Crippen molar-refractivity contribution in [1.82, 2.24) is 14.8 Å². The van der Waals surface area contributed by atoms with Gasteiger partial charge in [0.15, 0.2) is 28.3 Å². The number of ether oxygens (including phenoxy) is 2. The molecule has 4 rings (SSSR count). The van der Waals surface area contributed by atoms with Gasteiger partial charge in [0.2, 0.25) is 10.0 Å². The summed E-state index contributed by atoms with van der Waals surface area (Å²) in [6.45, 7) is 0.966. The highest BCUT2D eigenvalue weighted by Gasteiger charge is 2.17. The van der Waals surface area contributed by atoms with Crippen LogP contribution in [0.15, 0.2) is 47.6 Å². The molecule has 162 valence electrons. The average Bonchev–Trinajstić information content (AvgIpc) is 3.11. The molecule has 0 saturated carbocycles. The summed E-state index contributed by atoms with van der Waals surface area (Å²) in [6.07, 6.45) is 1.10. The van der Waals surface area contributed by atoms with Gasteiger partial charge in [-0.25, -0.2) is 8.42 Å². The lowest BCUT2D eigenvalue weighted by atomic mass is 10.1. The van der Waals surface area contributed by atoms with E-state index in [9.17, 15) is 13.2 Å². The molecule has 1 aliphatic rings. The number of Topliss-reactive ketones (excluding diaryl/α,β-unsaturated/α-hetero) is 1. The van der Waals surface area contributed by atoms with Gasteiger partial charge in [-0.05, 0) is 42.5 Å². The van der Waals surface area contributed by atoms with Crippen LogP contribution in [0, 0.1) is 0 Å². The molecule has 0 unspecified atom stereocenters. The third-order valence-corrected chi connectivity index (χ3v) is 6.10. The molecule has 0 fully saturated rings. The van der Waals surface area contributed by atoms with E-state index in [1.807, 2.05) is 7.05 Å². The maximum Gasteiger partial charge on any atom is 0.229 e. The van der Waals surface area contributed by atoms with Crippen molar-refractivity contribution in [3.63, 3.8) is 0 Å². The van der Waals surface area contributed by atoms with Gasteiger partial charge in [0.25, 0.3) is 0 Å². The monoisotopic (exact) mass is 460 g/mol. The third-order valence-electron chi connectivity index (χ3n) is 4.48. The minimum absolute atomic E-state index is 0.0530. The minimum Gasteiger partial charge on any atom is -0.486 e. The average molecular weight is 461 g/mol. The number of fused-ring (bicyclic) bond motifs is 1. The second-order valence-corrected chi connectivity index (χ2v) is 9.58. The maximum absolute atomic E-state index is 12.6. The number of carbonyl (C=O) groups excluding carboxylic acids is 1. The number of anilines is 1. The van der Waals surface area contributed by atoms with E-state index in [1.165, 1.54) is 11.8 Å². The lowest BCUT2D eigenvalue weighted by Crippen LogP contribution is -2.16. The van der Waals surface area contributed by atoms with Gasteiger partial charge in [-0.3, -0.25) is 9.52 Å². The maximum atomic E-state index is 12.6. The molecule has 11 heteroatoms. The molecule has 0 bridgehead atoms. The number of nitrogens with zero attached hydrogens (tertiary/aromatic N) is 3. The molecule has 2 aromatic carbocycles. The van der Waals surface area contributed by atoms with Crippen molar-refractivity contribution in [2.75, 3.05) is 29.9 Å². The Morgan fingerprint density at radius 1 is 1.10 bits per heavy atom. The van der Waals surface area contributed by atoms with Gasteiger partial charge < -0.3 is 14.0 Å². The number of nitrogens with one attached hydrogen (secondary N) is 1. The van der Waals surface area contributed by atoms with Crippen LogP contribution in [0.4, 0.5) is 5.69 Å². The van der Waals surface area contributed by atoms with E-state index in [2.05, 4.69) is 14.9 Å². The van der Waals surface area contributed by atoms with Gasteiger partial charge in [-0.15, -0.1) is 10.2 Å². The van der Waals surface area contributed by atoms with Gasteiger partial charge in [-0.1, -0.05) is 11.8 Å². The fraction of sp³-hybridized carbons (Fsp3) is 0.250. The second-order valence-electron chi connectivity index (χ2n) is 6.89. The number of aromatic nitrogens is 3. The van der Waals surface area contributed by atoms with Crippen molar-refractivity contribution in [2.24, 2.45) is 7.05 Å². The molecule has 9 nitrogen and oxygen atoms in total. The van der Waals surface area contributed by atoms with Crippen LogP contribution in [0.3, 0.4) is 0 Å². The zero-order valence-electron chi connectivity index (χ0n) is 16.9. The predicted molar refractivity (Wildman–Crippen MR) is 117 cm³/mol. The lowest BCUT2D eigenvalue weighted by molar-refractivity contribution is 0.102. The van der Waals surface area contributed by atoms with Crippen molar-refractivity contribution in [1.29, 1.82) is 0 Å². The summed E-state index contributed by atoms with van der Waals surface area (Å²) in [5, 5.41) is 8.98. The van der Waals surface area contributed by atoms with Gasteiger partial charge in [0, 0.05) is 23.9 Å². The standard InChI is InChI=1S/C20H20N4O5S2/c1-24-19(13-3-6-15(7-4-13)23-31(2,26)27)21-22-20(24)30-12-16(25)14-5-8-17-18(11-14)29-10-9-28-17/h3-8,11,23H,9-10,12H2,1-2H3. The Bertz CT molecular complexity index is 1220. The summed E-state index contributed by atoms with van der Waals surface area (Å²) in [5.41, 5.74) is 1.79. The first-order valence-electron chi connectivity index (χ1n) is 9.33. The third kappa shape index (κ3) is 5.00. The van der Waals surface area contributed by atoms with Crippen molar-refractivity contribution >= 4 is 33.3 Å². The number of benzene rings is 2. The molecule has 0 atom stereocenters. The Hall–Kier alpha value is -3.05.